The van der Waals surface area contributed by atoms with E-state index >= 15 is 0 Å². The van der Waals surface area contributed by atoms with Gasteiger partial charge in [-0.15, -0.1) is 0 Å². The molecule has 2 amide bonds. The number of nitrogens with zero attached hydrogens (tertiary/aromatic N) is 1. The van der Waals surface area contributed by atoms with Crippen molar-refractivity contribution in [3.8, 4) is 5.75 Å². The van der Waals surface area contributed by atoms with Crippen molar-refractivity contribution in [1.29, 1.82) is 0 Å². The average molecular weight is 310 g/mol. The molecule has 6 nitrogen and oxygen atoms in total. The van der Waals surface area contributed by atoms with E-state index in [0.717, 1.165) is 0 Å². The van der Waals surface area contributed by atoms with Gasteiger partial charge in [0, 0.05) is 13.1 Å². The van der Waals surface area contributed by atoms with Crippen LogP contribution in [0.15, 0.2) is 24.3 Å². The first-order valence-electron chi connectivity index (χ1n) is 7.18. The molecule has 0 aliphatic carbocycles. The number of alkyl halides is 1. The highest BCUT2D eigenvalue weighted by molar-refractivity contribution is 5.91. The molecule has 0 radical (unpaired) electrons. The molecule has 0 bridgehead atoms. The van der Waals surface area contributed by atoms with Crippen LogP contribution in [0.2, 0.25) is 0 Å². The number of aliphatic carboxylic acids is 1. The van der Waals surface area contributed by atoms with Crippen molar-refractivity contribution in [2.75, 3.05) is 31.7 Å². The predicted molar refractivity (Wildman–Crippen MR) is 78.9 cm³/mol. The lowest BCUT2D eigenvalue weighted by atomic mass is 9.99. The SMILES string of the molecule is O=C(O)C1CCCN(C(=O)Nc2ccccc2OCCF)C1. The van der Waals surface area contributed by atoms with Crippen molar-refractivity contribution in [2.24, 2.45) is 5.92 Å². The number of nitrogens with one attached hydrogen (secondary N) is 1. The number of hydrogen-bond donors (Lipinski definition) is 2. The zero-order chi connectivity index (χ0) is 15.9. The summed E-state index contributed by atoms with van der Waals surface area (Å²) >= 11 is 0. The number of urea groups is 1. The Labute approximate surface area is 127 Å². The number of amides is 2. The molecule has 1 heterocycles. The fourth-order valence-electron chi connectivity index (χ4n) is 2.40. The number of hydrogen-bond acceptors (Lipinski definition) is 3. The van der Waals surface area contributed by atoms with Crippen LogP contribution in [0.25, 0.3) is 0 Å². The highest BCUT2D eigenvalue weighted by Crippen LogP contribution is 2.25. The second-order valence-electron chi connectivity index (χ2n) is 5.09. The normalized spacial score (nSPS) is 17.9. The number of piperidine rings is 1. The number of likely N-dealkylation sites (tertiary alicyclic amines) is 1. The number of rotatable bonds is 5. The summed E-state index contributed by atoms with van der Waals surface area (Å²) < 4.78 is 17.4. The molecular weight excluding hydrogens is 291 g/mol. The maximum Gasteiger partial charge on any atom is 0.321 e. The Morgan fingerprint density at radius 2 is 2.18 bits per heavy atom. The van der Waals surface area contributed by atoms with E-state index in [-0.39, 0.29) is 19.2 Å². The second kappa shape index (κ2) is 7.63. The molecule has 1 saturated heterocycles. The van der Waals surface area contributed by atoms with Crippen LogP contribution in [0.3, 0.4) is 0 Å². The lowest BCUT2D eigenvalue weighted by Crippen LogP contribution is -2.44. The largest absolute Gasteiger partial charge is 0.489 e. The Morgan fingerprint density at radius 1 is 1.41 bits per heavy atom. The molecule has 0 spiro atoms. The molecular formula is C15H19FN2O4. The fraction of sp³-hybridized carbons (Fsp3) is 0.467. The number of anilines is 1. The first-order chi connectivity index (χ1) is 10.6. The van der Waals surface area contributed by atoms with E-state index in [0.29, 0.717) is 30.8 Å². The second-order valence-corrected chi connectivity index (χ2v) is 5.09. The lowest BCUT2D eigenvalue weighted by Gasteiger charge is -2.30. The Bertz CT molecular complexity index is 538. The summed E-state index contributed by atoms with van der Waals surface area (Å²) in [6.45, 7) is 0.00414. The van der Waals surface area contributed by atoms with E-state index in [4.69, 9.17) is 9.84 Å². The van der Waals surface area contributed by atoms with E-state index in [1.54, 1.807) is 24.3 Å². The van der Waals surface area contributed by atoms with Crippen molar-refractivity contribution >= 4 is 17.7 Å². The topological polar surface area (TPSA) is 78.9 Å². The molecule has 120 valence electrons. The smallest absolute Gasteiger partial charge is 0.321 e. The molecule has 22 heavy (non-hydrogen) atoms. The predicted octanol–water partition coefficient (Wildman–Crippen LogP) is 2.36. The van der Waals surface area contributed by atoms with Gasteiger partial charge >= 0.3 is 12.0 Å². The quantitative estimate of drug-likeness (QED) is 0.875. The van der Waals surface area contributed by atoms with E-state index in [2.05, 4.69) is 5.32 Å². The minimum absolute atomic E-state index is 0.0856. The van der Waals surface area contributed by atoms with E-state index in [1.165, 1.54) is 4.90 Å². The number of halogens is 1. The van der Waals surface area contributed by atoms with Crippen LogP contribution in [0.4, 0.5) is 14.9 Å². The molecule has 1 aliphatic rings. The van der Waals surface area contributed by atoms with Gasteiger partial charge in [-0.25, -0.2) is 9.18 Å². The van der Waals surface area contributed by atoms with Gasteiger partial charge in [-0.2, -0.15) is 0 Å². The van der Waals surface area contributed by atoms with Gasteiger partial charge in [-0.3, -0.25) is 4.79 Å². The lowest BCUT2D eigenvalue weighted by molar-refractivity contribution is -0.143. The van der Waals surface area contributed by atoms with Gasteiger partial charge in [-0.05, 0) is 25.0 Å². The summed E-state index contributed by atoms with van der Waals surface area (Å²) in [5, 5.41) is 11.8. The van der Waals surface area contributed by atoms with Crippen LogP contribution < -0.4 is 10.1 Å². The zero-order valence-corrected chi connectivity index (χ0v) is 12.1. The van der Waals surface area contributed by atoms with Crippen LogP contribution in [-0.4, -0.2) is 48.4 Å². The Kier molecular flexibility index (Phi) is 5.57. The number of ether oxygens (including phenoxy) is 1. The molecule has 1 aliphatic heterocycles. The van der Waals surface area contributed by atoms with Crippen molar-refractivity contribution in [3.05, 3.63) is 24.3 Å². The van der Waals surface area contributed by atoms with E-state index in [9.17, 15) is 14.0 Å². The molecule has 7 heteroatoms. The maximum atomic E-state index is 12.3. The number of benzene rings is 1. The number of para-hydroxylation sites is 2. The first kappa shape index (κ1) is 16.1. The molecule has 1 aromatic carbocycles. The van der Waals surface area contributed by atoms with Crippen molar-refractivity contribution in [2.45, 2.75) is 12.8 Å². The maximum absolute atomic E-state index is 12.3. The van der Waals surface area contributed by atoms with Crippen LogP contribution in [0.1, 0.15) is 12.8 Å². The Morgan fingerprint density at radius 3 is 2.91 bits per heavy atom. The van der Waals surface area contributed by atoms with Crippen LogP contribution in [0.5, 0.6) is 5.75 Å². The monoisotopic (exact) mass is 310 g/mol. The summed E-state index contributed by atoms with van der Waals surface area (Å²) in [5.41, 5.74) is 0.443. The van der Waals surface area contributed by atoms with Gasteiger partial charge < -0.3 is 20.1 Å². The van der Waals surface area contributed by atoms with Crippen molar-refractivity contribution in [3.63, 3.8) is 0 Å². The number of carboxylic acids is 1. The molecule has 2 N–H and O–H groups in total. The molecule has 1 unspecified atom stereocenters. The average Bonchev–Trinajstić information content (AvgIpc) is 2.54. The Balaban J connectivity index is 2.01. The van der Waals surface area contributed by atoms with Gasteiger partial charge in [-0.1, -0.05) is 12.1 Å². The van der Waals surface area contributed by atoms with E-state index < -0.39 is 18.6 Å². The van der Waals surface area contributed by atoms with Gasteiger partial charge in [0.1, 0.15) is 19.0 Å². The minimum atomic E-state index is -0.885. The highest BCUT2D eigenvalue weighted by Gasteiger charge is 2.28. The summed E-state index contributed by atoms with van der Waals surface area (Å²) in [4.78, 5) is 24.8. The van der Waals surface area contributed by atoms with Crippen LogP contribution >= 0.6 is 0 Å². The zero-order valence-electron chi connectivity index (χ0n) is 12.1. The number of carbonyl (C=O) groups is 2. The van der Waals surface area contributed by atoms with Crippen molar-refractivity contribution in [1.82, 2.24) is 4.90 Å². The Hall–Kier alpha value is -2.31. The summed E-state index contributed by atoms with van der Waals surface area (Å²) in [6.07, 6.45) is 1.24. The summed E-state index contributed by atoms with van der Waals surface area (Å²) in [5.74, 6) is -1.03. The first-order valence-corrected chi connectivity index (χ1v) is 7.18. The molecule has 2 rings (SSSR count). The van der Waals surface area contributed by atoms with Gasteiger partial charge in [0.2, 0.25) is 0 Å². The van der Waals surface area contributed by atoms with Gasteiger partial charge in [0.25, 0.3) is 0 Å². The third kappa shape index (κ3) is 4.09. The summed E-state index contributed by atoms with van der Waals surface area (Å²) in [6, 6.07) is 6.38. The third-order valence-electron chi connectivity index (χ3n) is 3.52. The molecule has 0 saturated carbocycles. The van der Waals surface area contributed by atoms with Crippen molar-refractivity contribution < 1.29 is 23.8 Å². The third-order valence-corrected chi connectivity index (χ3v) is 3.52. The molecule has 1 aromatic rings. The van der Waals surface area contributed by atoms with Gasteiger partial charge in [0.15, 0.2) is 0 Å². The number of carbonyl (C=O) groups excluding carboxylic acids is 1. The standard InChI is InChI=1S/C15H19FN2O4/c16-7-9-22-13-6-2-1-5-12(13)17-15(21)18-8-3-4-11(10-18)14(19)20/h1-2,5-6,11H,3-4,7-10H2,(H,17,21)(H,19,20). The highest BCUT2D eigenvalue weighted by atomic mass is 19.1. The van der Waals surface area contributed by atoms with Crippen LogP contribution in [0, 0.1) is 5.92 Å². The molecule has 1 fully saturated rings. The van der Waals surface area contributed by atoms with E-state index in [1.807, 2.05) is 0 Å². The molecule has 0 aromatic heterocycles. The van der Waals surface area contributed by atoms with Crippen LogP contribution in [-0.2, 0) is 4.79 Å². The molecule has 1 atom stereocenters. The minimum Gasteiger partial charge on any atom is -0.489 e. The fourth-order valence-corrected chi connectivity index (χ4v) is 2.40. The van der Waals surface area contributed by atoms with Gasteiger partial charge in [0.05, 0.1) is 11.6 Å². The number of carboxylic acid groups (broad SMARTS) is 1. The summed E-state index contributed by atoms with van der Waals surface area (Å²) in [7, 11) is 0.